The van der Waals surface area contributed by atoms with Crippen LogP contribution in [0, 0.1) is 0 Å². The second kappa shape index (κ2) is 4.81. The van der Waals surface area contributed by atoms with Crippen molar-refractivity contribution in [3.05, 3.63) is 12.7 Å². The number of hydrogen-bond donors (Lipinski definition) is 2. The fourth-order valence-corrected chi connectivity index (χ4v) is 0.347. The third-order valence-electron chi connectivity index (χ3n) is 0.659. The van der Waals surface area contributed by atoms with E-state index < -0.39 is 12.3 Å². The molecule has 0 aromatic carbocycles. The molecule has 0 bridgehead atoms. The third kappa shape index (κ3) is 5.11. The molecule has 0 aliphatic carbocycles. The molecule has 0 saturated heterocycles. The van der Waals surface area contributed by atoms with Crippen LogP contribution in [0.3, 0.4) is 0 Å². The molecule has 4 heteroatoms. The molecule has 0 radical (unpaired) electrons. The minimum atomic E-state index is -0.877. The molecule has 0 aromatic heterocycles. The molecule has 10 heavy (non-hydrogen) atoms. The summed E-state index contributed by atoms with van der Waals surface area (Å²) < 4.78 is 4.47. The number of carbonyl (C=O) groups is 1. The highest BCUT2D eigenvalue weighted by atomic mass is 16.5. The topological polar surface area (TPSA) is 58.6 Å². The summed E-state index contributed by atoms with van der Waals surface area (Å²) in [6, 6.07) is 0. The van der Waals surface area contributed by atoms with Gasteiger partial charge in [-0.2, -0.15) is 0 Å². The normalized spacial score (nSPS) is 11.8. The first-order valence-electron chi connectivity index (χ1n) is 2.89. The average molecular weight is 145 g/mol. The van der Waals surface area contributed by atoms with E-state index in [0.717, 1.165) is 0 Å². The van der Waals surface area contributed by atoms with Crippen LogP contribution in [0.25, 0.3) is 0 Å². The third-order valence-corrected chi connectivity index (χ3v) is 0.659. The van der Waals surface area contributed by atoms with Crippen molar-refractivity contribution in [2.45, 2.75) is 13.2 Å². The molecule has 0 aliphatic heterocycles. The van der Waals surface area contributed by atoms with Crippen LogP contribution in [0.4, 0.5) is 4.79 Å². The van der Waals surface area contributed by atoms with Gasteiger partial charge in [-0.1, -0.05) is 12.7 Å². The summed E-state index contributed by atoms with van der Waals surface area (Å²) in [6.45, 7) is 4.92. The average Bonchev–Trinajstić information content (AvgIpc) is 1.82. The first kappa shape index (κ1) is 8.97. The molecular weight excluding hydrogens is 134 g/mol. The first-order chi connectivity index (χ1) is 4.66. The summed E-state index contributed by atoms with van der Waals surface area (Å²) in [7, 11) is 0. The van der Waals surface area contributed by atoms with E-state index in [0.29, 0.717) is 0 Å². The highest BCUT2D eigenvalue weighted by Gasteiger charge is 2.01. The summed E-state index contributed by atoms with van der Waals surface area (Å²) in [6.07, 6.45) is -0.0750. The second-order valence-corrected chi connectivity index (χ2v) is 1.71. The van der Waals surface area contributed by atoms with Gasteiger partial charge in [0.15, 0.2) is 0 Å². The highest BCUT2D eigenvalue weighted by molar-refractivity contribution is 5.67. The molecule has 0 saturated carbocycles. The zero-order chi connectivity index (χ0) is 7.98. The fourth-order valence-electron chi connectivity index (χ4n) is 0.347. The maximum atomic E-state index is 10.5. The van der Waals surface area contributed by atoms with Gasteiger partial charge >= 0.3 is 6.09 Å². The summed E-state index contributed by atoms with van der Waals surface area (Å²) in [4.78, 5) is 10.5. The standard InChI is InChI=1S/C6H11NO3/c1-3-4-10-6(9)7-5(2)8/h3,5,8H,1,4H2,2H3,(H,7,9). The molecule has 0 heterocycles. The monoisotopic (exact) mass is 145 g/mol. The predicted molar refractivity (Wildman–Crippen MR) is 36.4 cm³/mol. The molecule has 2 N–H and O–H groups in total. The Morgan fingerprint density at radius 1 is 2.00 bits per heavy atom. The lowest BCUT2D eigenvalue weighted by molar-refractivity contribution is 0.114. The Labute approximate surface area is 59.5 Å². The molecule has 1 amide bonds. The van der Waals surface area contributed by atoms with Gasteiger partial charge in [0.25, 0.3) is 0 Å². The van der Waals surface area contributed by atoms with Crippen molar-refractivity contribution >= 4 is 6.09 Å². The highest BCUT2D eigenvalue weighted by Crippen LogP contribution is 1.79. The van der Waals surface area contributed by atoms with Crippen molar-refractivity contribution in [2.24, 2.45) is 0 Å². The van der Waals surface area contributed by atoms with E-state index in [9.17, 15) is 4.79 Å². The summed E-state index contributed by atoms with van der Waals surface area (Å²) in [5.74, 6) is 0. The smallest absolute Gasteiger partial charge is 0.409 e. The van der Waals surface area contributed by atoms with Gasteiger partial charge < -0.3 is 9.84 Å². The van der Waals surface area contributed by atoms with Crippen molar-refractivity contribution in [1.29, 1.82) is 0 Å². The number of hydrogen-bond acceptors (Lipinski definition) is 3. The van der Waals surface area contributed by atoms with Crippen LogP contribution < -0.4 is 5.32 Å². The zero-order valence-corrected chi connectivity index (χ0v) is 5.83. The largest absolute Gasteiger partial charge is 0.445 e. The van der Waals surface area contributed by atoms with E-state index in [2.05, 4.69) is 16.6 Å². The second-order valence-electron chi connectivity index (χ2n) is 1.71. The molecule has 0 fully saturated rings. The van der Waals surface area contributed by atoms with Crippen molar-refractivity contribution in [3.63, 3.8) is 0 Å². The number of aliphatic hydroxyl groups is 1. The van der Waals surface area contributed by atoms with Gasteiger partial charge in [-0.15, -0.1) is 0 Å². The maximum absolute atomic E-state index is 10.5. The van der Waals surface area contributed by atoms with E-state index in [1.54, 1.807) is 0 Å². The number of alkyl carbamates (subject to hydrolysis) is 1. The maximum Gasteiger partial charge on any atom is 0.409 e. The Bertz CT molecular complexity index is 122. The Morgan fingerprint density at radius 3 is 3.00 bits per heavy atom. The van der Waals surface area contributed by atoms with E-state index in [1.807, 2.05) is 0 Å². The summed E-state index contributed by atoms with van der Waals surface area (Å²) >= 11 is 0. The lowest BCUT2D eigenvalue weighted by atomic mass is 10.6. The lowest BCUT2D eigenvalue weighted by Gasteiger charge is -2.06. The SMILES string of the molecule is C=CCOC(=O)NC(C)O. The van der Waals surface area contributed by atoms with Gasteiger partial charge in [-0.25, -0.2) is 4.79 Å². The van der Waals surface area contributed by atoms with Crippen LogP contribution in [0.1, 0.15) is 6.92 Å². The molecule has 0 aliphatic rings. The van der Waals surface area contributed by atoms with Gasteiger partial charge in [0.05, 0.1) is 0 Å². The van der Waals surface area contributed by atoms with Crippen molar-refractivity contribution in [3.8, 4) is 0 Å². The minimum Gasteiger partial charge on any atom is -0.445 e. The molecule has 0 rings (SSSR count). The summed E-state index contributed by atoms with van der Waals surface area (Å²) in [5, 5.41) is 10.7. The first-order valence-corrected chi connectivity index (χ1v) is 2.89. The zero-order valence-electron chi connectivity index (χ0n) is 5.83. The van der Waals surface area contributed by atoms with Crippen LogP contribution >= 0.6 is 0 Å². The van der Waals surface area contributed by atoms with Gasteiger partial charge in [0, 0.05) is 0 Å². The van der Waals surface area contributed by atoms with Gasteiger partial charge in [-0.05, 0) is 6.92 Å². The van der Waals surface area contributed by atoms with E-state index >= 15 is 0 Å². The van der Waals surface area contributed by atoms with Gasteiger partial charge in [0.2, 0.25) is 0 Å². The van der Waals surface area contributed by atoms with E-state index in [4.69, 9.17) is 5.11 Å². The number of rotatable bonds is 3. The molecular formula is C6H11NO3. The van der Waals surface area contributed by atoms with Crippen molar-refractivity contribution < 1.29 is 14.6 Å². The molecule has 1 unspecified atom stereocenters. The molecule has 4 nitrogen and oxygen atoms in total. The molecule has 0 spiro atoms. The number of amides is 1. The Morgan fingerprint density at radius 2 is 2.60 bits per heavy atom. The van der Waals surface area contributed by atoms with Gasteiger partial charge in [-0.3, -0.25) is 5.32 Å². The number of ether oxygens (including phenoxy) is 1. The van der Waals surface area contributed by atoms with E-state index in [-0.39, 0.29) is 6.61 Å². The number of nitrogens with one attached hydrogen (secondary N) is 1. The molecule has 58 valence electrons. The number of carbonyl (C=O) groups excluding carboxylic acids is 1. The fraction of sp³-hybridized carbons (Fsp3) is 0.500. The van der Waals surface area contributed by atoms with Crippen LogP contribution in [0.15, 0.2) is 12.7 Å². The number of aliphatic hydroxyl groups excluding tert-OH is 1. The summed E-state index contributed by atoms with van der Waals surface area (Å²) in [5.41, 5.74) is 0. The Hall–Kier alpha value is -1.03. The Balaban J connectivity index is 3.34. The van der Waals surface area contributed by atoms with E-state index in [1.165, 1.54) is 13.0 Å². The lowest BCUT2D eigenvalue weighted by Crippen LogP contribution is -2.32. The van der Waals surface area contributed by atoms with Crippen LogP contribution in [-0.2, 0) is 4.74 Å². The van der Waals surface area contributed by atoms with Crippen LogP contribution in [0.5, 0.6) is 0 Å². The van der Waals surface area contributed by atoms with Crippen molar-refractivity contribution in [1.82, 2.24) is 5.32 Å². The van der Waals surface area contributed by atoms with Crippen LogP contribution in [-0.4, -0.2) is 24.0 Å². The van der Waals surface area contributed by atoms with Gasteiger partial charge in [0.1, 0.15) is 12.8 Å². The Kier molecular flexibility index (Phi) is 4.32. The minimum absolute atomic E-state index is 0.151. The molecule has 0 aromatic rings. The van der Waals surface area contributed by atoms with Crippen molar-refractivity contribution in [2.75, 3.05) is 6.61 Å². The predicted octanol–water partition coefficient (Wildman–Crippen LogP) is 0.237. The van der Waals surface area contributed by atoms with Crippen LogP contribution in [0.2, 0.25) is 0 Å². The quantitative estimate of drug-likeness (QED) is 0.441. The molecule has 1 atom stereocenters.